The maximum atomic E-state index is 12.4. The Kier molecular flexibility index (Phi) is 24.8. The van der Waals surface area contributed by atoms with Crippen LogP contribution in [0.3, 0.4) is 0 Å². The van der Waals surface area contributed by atoms with E-state index in [1.807, 2.05) is 127 Å². The van der Waals surface area contributed by atoms with Crippen LogP contribution in [0.1, 0.15) is 88.3 Å². The summed E-state index contributed by atoms with van der Waals surface area (Å²) in [7, 11) is 3.25. The maximum Gasteiger partial charge on any atom is 0.414 e. The Morgan fingerprint density at radius 1 is 0.635 bits per heavy atom. The molecular formula is C55H65N3O16. The molecule has 5 aromatic rings. The fourth-order valence-electron chi connectivity index (χ4n) is 6.28. The van der Waals surface area contributed by atoms with E-state index in [2.05, 4.69) is 10.6 Å². The van der Waals surface area contributed by atoms with Gasteiger partial charge in [0.1, 0.15) is 43.0 Å². The number of amides is 3. The van der Waals surface area contributed by atoms with Gasteiger partial charge in [-0.05, 0) is 58.2 Å². The van der Waals surface area contributed by atoms with Crippen molar-refractivity contribution in [3.05, 3.63) is 179 Å². The Morgan fingerprint density at radius 2 is 1.05 bits per heavy atom. The minimum absolute atomic E-state index is 0.00515. The number of carbonyl (C=O) groups excluding carboxylic acids is 5. The van der Waals surface area contributed by atoms with Gasteiger partial charge >= 0.3 is 42.2 Å². The van der Waals surface area contributed by atoms with Gasteiger partial charge in [-0.15, -0.1) is 0 Å². The van der Waals surface area contributed by atoms with E-state index in [4.69, 9.17) is 38.3 Å². The second kappa shape index (κ2) is 30.6. The summed E-state index contributed by atoms with van der Waals surface area (Å²) >= 11 is 0. The Morgan fingerprint density at radius 3 is 1.47 bits per heavy atom. The third-order valence-electron chi connectivity index (χ3n) is 10.1. The molecule has 1 heterocycles. The quantitative estimate of drug-likeness (QED) is 0.0408. The molecule has 74 heavy (non-hydrogen) atoms. The summed E-state index contributed by atoms with van der Waals surface area (Å²) in [5.41, 5.74) is 1.70. The van der Waals surface area contributed by atoms with Crippen molar-refractivity contribution in [1.29, 1.82) is 0 Å². The fourth-order valence-corrected chi connectivity index (χ4v) is 6.28. The van der Waals surface area contributed by atoms with Crippen LogP contribution in [0.2, 0.25) is 0 Å². The van der Waals surface area contributed by atoms with Crippen molar-refractivity contribution < 1.29 is 76.9 Å². The highest BCUT2D eigenvalue weighted by Gasteiger charge is 2.44. The highest BCUT2D eigenvalue weighted by Crippen LogP contribution is 2.32. The van der Waals surface area contributed by atoms with Gasteiger partial charge in [0.15, 0.2) is 6.29 Å². The Balaban J connectivity index is 0.000000270. The molecule has 0 spiro atoms. The van der Waals surface area contributed by atoms with Gasteiger partial charge in [0, 0.05) is 25.3 Å². The van der Waals surface area contributed by atoms with E-state index in [0.29, 0.717) is 0 Å². The number of rotatable bonds is 16. The van der Waals surface area contributed by atoms with Gasteiger partial charge in [-0.3, -0.25) is 14.5 Å². The first-order chi connectivity index (χ1) is 35.2. The first kappa shape index (κ1) is 60.0. The first-order valence-electron chi connectivity index (χ1n) is 23.1. The molecule has 6 rings (SSSR count). The van der Waals surface area contributed by atoms with Crippen LogP contribution in [0.15, 0.2) is 152 Å². The lowest BCUT2D eigenvalue weighted by molar-refractivity contribution is -0.161. The van der Waals surface area contributed by atoms with E-state index in [9.17, 15) is 38.7 Å². The van der Waals surface area contributed by atoms with Crippen LogP contribution >= 0.6 is 0 Å². The van der Waals surface area contributed by atoms with Crippen LogP contribution < -0.4 is 10.6 Å². The molecule has 1 aliphatic heterocycles. The van der Waals surface area contributed by atoms with Gasteiger partial charge in [0.05, 0.1) is 6.42 Å². The Hall–Kier alpha value is -8.29. The lowest BCUT2D eigenvalue weighted by Crippen LogP contribution is -2.54. The van der Waals surface area contributed by atoms with Crippen molar-refractivity contribution in [2.75, 3.05) is 14.2 Å². The number of nitrogens with zero attached hydrogens (tertiary/aromatic N) is 1. The number of carboxylic acids is 2. The second-order valence-electron chi connectivity index (χ2n) is 17.4. The number of hydrogen-bond acceptors (Lipinski definition) is 14. The van der Waals surface area contributed by atoms with Crippen LogP contribution in [0.5, 0.6) is 0 Å². The van der Waals surface area contributed by atoms with Crippen molar-refractivity contribution in [2.45, 2.75) is 104 Å². The molecule has 0 bridgehead atoms. The summed E-state index contributed by atoms with van der Waals surface area (Å²) in [5.74, 6) is -3.62. The van der Waals surface area contributed by atoms with Crippen LogP contribution in [-0.4, -0.2) is 94.7 Å². The SMILES string of the molecule is CC(C)(C)OC(=O)C[C@](C)(NC(=O)OCc1ccccc1)C(=O)O.COC(OC)c1ccccc1.C[C@H](NC(=O)OCc1ccccc1)C(=O)O.C[C@H]1C(=O)O[C@H](c2ccccc2)N1C(=O)OCc1ccccc1. The number of esters is 2. The molecule has 1 aliphatic rings. The Bertz CT molecular complexity index is 2510. The molecule has 0 unspecified atom stereocenters. The predicted octanol–water partition coefficient (Wildman–Crippen LogP) is 9.12. The number of ether oxygens (including phenoxy) is 7. The maximum absolute atomic E-state index is 12.4. The molecule has 4 atom stereocenters. The smallest absolute Gasteiger partial charge is 0.414 e. The van der Waals surface area contributed by atoms with Crippen molar-refractivity contribution in [3.8, 4) is 0 Å². The highest BCUT2D eigenvalue weighted by molar-refractivity contribution is 5.89. The average Bonchev–Trinajstić information content (AvgIpc) is 3.68. The molecule has 19 heteroatoms. The number of alkyl carbamates (subject to hydrolysis) is 2. The summed E-state index contributed by atoms with van der Waals surface area (Å²) in [6.45, 7) is 9.51. The van der Waals surface area contributed by atoms with E-state index < -0.39 is 78.0 Å². The third-order valence-corrected chi connectivity index (χ3v) is 10.1. The molecule has 4 N–H and O–H groups in total. The van der Waals surface area contributed by atoms with E-state index in [0.717, 1.165) is 27.8 Å². The zero-order valence-corrected chi connectivity index (χ0v) is 42.6. The number of carboxylic acid groups (broad SMARTS) is 2. The number of benzene rings is 5. The molecular weight excluding hydrogens is 959 g/mol. The van der Waals surface area contributed by atoms with E-state index >= 15 is 0 Å². The molecule has 0 aliphatic carbocycles. The lowest BCUT2D eigenvalue weighted by atomic mass is 9.98. The molecule has 1 fully saturated rings. The zero-order chi connectivity index (χ0) is 54.7. The van der Waals surface area contributed by atoms with Gasteiger partial charge < -0.3 is 54.0 Å². The number of hydrogen-bond donors (Lipinski definition) is 4. The molecule has 0 radical (unpaired) electrons. The molecule has 5 aromatic carbocycles. The number of cyclic esters (lactones) is 1. The molecule has 396 valence electrons. The number of methoxy groups -OCH3 is 2. The van der Waals surface area contributed by atoms with Gasteiger partial charge in [-0.25, -0.2) is 24.0 Å². The minimum atomic E-state index is -1.82. The average molecular weight is 1020 g/mol. The van der Waals surface area contributed by atoms with Crippen molar-refractivity contribution in [1.82, 2.24) is 15.5 Å². The standard InChI is InChI=1S/C18H17NO4.C17H23NO6.C11H13NO4.C9H12O2/c1-13-17(20)23-16(15-10-6-3-7-11-15)19(13)18(21)22-12-14-8-4-2-5-9-14;1-16(2,3)24-13(19)10-17(4,14(20)21)18-15(22)23-11-12-8-6-5-7-9-12;1-8(10(13)14)12-11(15)16-7-9-5-3-2-4-6-9;1-10-9(11-2)8-6-4-3-5-7-8/h2-11,13,16H,12H2,1H3;5-9H,10-11H2,1-4H3,(H,18,22)(H,20,21);2-6,8H,7H2,1H3,(H,12,15)(H,13,14);3-7,9H,1-2H3/t13-,16+;17-;8-;/m000./s1. The second-order valence-corrected chi connectivity index (χ2v) is 17.4. The van der Waals surface area contributed by atoms with E-state index in [1.165, 1.54) is 18.7 Å². The summed E-state index contributed by atoms with van der Waals surface area (Å²) < 4.78 is 35.7. The van der Waals surface area contributed by atoms with Crippen LogP contribution in [0.25, 0.3) is 0 Å². The van der Waals surface area contributed by atoms with Crippen LogP contribution in [-0.2, 0) is 72.2 Å². The van der Waals surface area contributed by atoms with Crippen molar-refractivity contribution in [2.24, 2.45) is 0 Å². The largest absolute Gasteiger partial charge is 0.480 e. The van der Waals surface area contributed by atoms with Gasteiger partial charge in [-0.2, -0.15) is 0 Å². The van der Waals surface area contributed by atoms with Crippen LogP contribution in [0, 0.1) is 0 Å². The van der Waals surface area contributed by atoms with E-state index in [-0.39, 0.29) is 26.1 Å². The molecule has 19 nitrogen and oxygen atoms in total. The Labute approximate surface area is 430 Å². The fraction of sp³-hybridized carbons (Fsp3) is 0.327. The van der Waals surface area contributed by atoms with Gasteiger partial charge in [0.2, 0.25) is 6.23 Å². The van der Waals surface area contributed by atoms with E-state index in [1.54, 1.807) is 66.2 Å². The van der Waals surface area contributed by atoms with Gasteiger partial charge in [-0.1, -0.05) is 152 Å². The first-order valence-corrected chi connectivity index (χ1v) is 23.1. The molecule has 0 aromatic heterocycles. The van der Waals surface area contributed by atoms with Gasteiger partial charge in [0.25, 0.3) is 0 Å². The highest BCUT2D eigenvalue weighted by atomic mass is 16.7. The van der Waals surface area contributed by atoms with Crippen molar-refractivity contribution in [3.63, 3.8) is 0 Å². The summed E-state index contributed by atoms with van der Waals surface area (Å²) in [6, 6.07) is 44.8. The normalized spacial score (nSPS) is 14.7. The number of carbonyl (C=O) groups is 7. The third kappa shape index (κ3) is 21.6. The number of nitrogens with one attached hydrogen (secondary N) is 2. The molecule has 0 saturated carbocycles. The topological polar surface area (TPSA) is 252 Å². The van der Waals surface area contributed by atoms with Crippen LogP contribution in [0.4, 0.5) is 14.4 Å². The number of aliphatic carboxylic acids is 2. The summed E-state index contributed by atoms with van der Waals surface area (Å²) in [6.07, 6.45) is -3.73. The summed E-state index contributed by atoms with van der Waals surface area (Å²) in [5, 5.41) is 22.3. The zero-order valence-electron chi connectivity index (χ0n) is 42.6. The van der Waals surface area contributed by atoms with Crippen molar-refractivity contribution >= 4 is 42.2 Å². The predicted molar refractivity (Wildman–Crippen MR) is 270 cm³/mol. The summed E-state index contributed by atoms with van der Waals surface area (Å²) in [4.78, 5) is 82.4. The molecule has 1 saturated heterocycles. The monoisotopic (exact) mass is 1020 g/mol. The lowest BCUT2D eigenvalue weighted by Gasteiger charge is -2.27. The minimum Gasteiger partial charge on any atom is -0.480 e. The molecule has 3 amide bonds.